The third kappa shape index (κ3) is 3.78. The molecule has 7 heteroatoms. The SMILES string of the molecule is NC1(CC(=O)Nc2c(Cl)ncnc2Cl)CCCCC1. The Kier molecular flexibility index (Phi) is 4.60. The van der Waals surface area contributed by atoms with Crippen LogP contribution in [0.2, 0.25) is 10.3 Å². The molecule has 2 rings (SSSR count). The number of halogens is 2. The van der Waals surface area contributed by atoms with Crippen molar-refractivity contribution in [2.45, 2.75) is 44.1 Å². The Balaban J connectivity index is 2.01. The predicted molar refractivity (Wildman–Crippen MR) is 75.3 cm³/mol. The molecule has 0 spiro atoms. The topological polar surface area (TPSA) is 80.9 Å². The smallest absolute Gasteiger partial charge is 0.226 e. The van der Waals surface area contributed by atoms with Gasteiger partial charge in [0.15, 0.2) is 10.3 Å². The van der Waals surface area contributed by atoms with Gasteiger partial charge in [0, 0.05) is 12.0 Å². The van der Waals surface area contributed by atoms with Crippen LogP contribution in [0.15, 0.2) is 6.33 Å². The fraction of sp³-hybridized carbons (Fsp3) is 0.583. The van der Waals surface area contributed by atoms with Gasteiger partial charge in [0.1, 0.15) is 12.0 Å². The second kappa shape index (κ2) is 6.03. The van der Waals surface area contributed by atoms with E-state index in [2.05, 4.69) is 15.3 Å². The second-order valence-electron chi connectivity index (χ2n) is 4.98. The van der Waals surface area contributed by atoms with E-state index in [1.54, 1.807) is 0 Å². The zero-order valence-electron chi connectivity index (χ0n) is 10.5. The number of carbonyl (C=O) groups excluding carboxylic acids is 1. The molecule has 0 aliphatic heterocycles. The van der Waals surface area contributed by atoms with Gasteiger partial charge in [-0.15, -0.1) is 0 Å². The highest BCUT2D eigenvalue weighted by molar-refractivity contribution is 6.38. The minimum absolute atomic E-state index is 0.128. The van der Waals surface area contributed by atoms with Gasteiger partial charge in [0.25, 0.3) is 0 Å². The van der Waals surface area contributed by atoms with E-state index in [0.29, 0.717) is 0 Å². The highest BCUT2D eigenvalue weighted by atomic mass is 35.5. The molecule has 104 valence electrons. The lowest BCUT2D eigenvalue weighted by Crippen LogP contribution is -2.44. The first-order valence-corrected chi connectivity index (χ1v) is 7.00. The third-order valence-electron chi connectivity index (χ3n) is 3.38. The number of carbonyl (C=O) groups is 1. The first-order valence-electron chi connectivity index (χ1n) is 6.25. The van der Waals surface area contributed by atoms with Crippen LogP contribution < -0.4 is 11.1 Å². The van der Waals surface area contributed by atoms with Crippen LogP contribution >= 0.6 is 23.2 Å². The Labute approximate surface area is 121 Å². The van der Waals surface area contributed by atoms with Crippen LogP contribution in [0.3, 0.4) is 0 Å². The van der Waals surface area contributed by atoms with Crippen LogP contribution in [-0.4, -0.2) is 21.4 Å². The van der Waals surface area contributed by atoms with Gasteiger partial charge in [0.2, 0.25) is 5.91 Å². The standard InChI is InChI=1S/C12H16Cl2N4O/c13-10-9(11(14)17-7-16-10)18-8(19)6-12(15)4-2-1-3-5-12/h7H,1-6,15H2,(H,18,19). The molecule has 0 bridgehead atoms. The Hall–Kier alpha value is -0.910. The van der Waals surface area contributed by atoms with E-state index in [-0.39, 0.29) is 28.3 Å². The van der Waals surface area contributed by atoms with Crippen molar-refractivity contribution in [1.82, 2.24) is 9.97 Å². The summed E-state index contributed by atoms with van der Waals surface area (Å²) >= 11 is 11.7. The number of amides is 1. The Morgan fingerprint density at radius 2 is 1.84 bits per heavy atom. The summed E-state index contributed by atoms with van der Waals surface area (Å²) in [5, 5.41) is 2.90. The number of hydrogen-bond acceptors (Lipinski definition) is 4. The van der Waals surface area contributed by atoms with E-state index in [0.717, 1.165) is 25.7 Å². The van der Waals surface area contributed by atoms with E-state index in [9.17, 15) is 4.79 Å². The fourth-order valence-electron chi connectivity index (χ4n) is 2.38. The normalized spacial score (nSPS) is 18.1. The molecule has 1 aromatic rings. The molecule has 0 atom stereocenters. The lowest BCUT2D eigenvalue weighted by Gasteiger charge is -2.32. The van der Waals surface area contributed by atoms with Crippen LogP contribution in [-0.2, 0) is 4.79 Å². The molecule has 1 saturated carbocycles. The van der Waals surface area contributed by atoms with Gasteiger partial charge in [-0.1, -0.05) is 42.5 Å². The highest BCUT2D eigenvalue weighted by Gasteiger charge is 2.30. The Morgan fingerprint density at radius 3 is 2.42 bits per heavy atom. The lowest BCUT2D eigenvalue weighted by atomic mass is 9.80. The molecule has 0 saturated heterocycles. The molecule has 1 heterocycles. The van der Waals surface area contributed by atoms with Crippen molar-refractivity contribution in [3.05, 3.63) is 16.6 Å². The molecule has 1 amide bonds. The molecule has 3 N–H and O–H groups in total. The molecule has 5 nitrogen and oxygen atoms in total. The maximum atomic E-state index is 12.0. The van der Waals surface area contributed by atoms with Gasteiger partial charge < -0.3 is 11.1 Å². The Bertz CT molecular complexity index is 455. The fourth-order valence-corrected chi connectivity index (χ4v) is 2.79. The number of nitrogens with two attached hydrogens (primary N) is 1. The van der Waals surface area contributed by atoms with Crippen molar-refractivity contribution in [1.29, 1.82) is 0 Å². The molecule has 19 heavy (non-hydrogen) atoms. The first-order chi connectivity index (χ1) is 9.00. The maximum absolute atomic E-state index is 12.0. The van der Waals surface area contributed by atoms with Crippen LogP contribution in [0.1, 0.15) is 38.5 Å². The average Bonchev–Trinajstić information content (AvgIpc) is 2.34. The van der Waals surface area contributed by atoms with Crippen molar-refractivity contribution in [3.63, 3.8) is 0 Å². The number of aromatic nitrogens is 2. The minimum Gasteiger partial charge on any atom is -0.325 e. The van der Waals surface area contributed by atoms with E-state index < -0.39 is 5.54 Å². The van der Waals surface area contributed by atoms with Gasteiger partial charge >= 0.3 is 0 Å². The average molecular weight is 303 g/mol. The van der Waals surface area contributed by atoms with Crippen LogP contribution in [0.4, 0.5) is 5.69 Å². The molecular formula is C12H16Cl2N4O. The zero-order valence-corrected chi connectivity index (χ0v) is 12.0. The molecule has 1 fully saturated rings. The van der Waals surface area contributed by atoms with Crippen molar-refractivity contribution in [2.24, 2.45) is 5.73 Å². The zero-order chi connectivity index (χ0) is 13.9. The molecule has 0 unspecified atom stereocenters. The van der Waals surface area contributed by atoms with Crippen molar-refractivity contribution >= 4 is 34.8 Å². The summed E-state index contributed by atoms with van der Waals surface area (Å²) in [6, 6.07) is 0. The van der Waals surface area contributed by atoms with Crippen LogP contribution in [0.5, 0.6) is 0 Å². The number of rotatable bonds is 3. The number of nitrogens with zero attached hydrogens (tertiary/aromatic N) is 2. The van der Waals surface area contributed by atoms with E-state index in [4.69, 9.17) is 28.9 Å². The molecule has 0 aromatic carbocycles. The Morgan fingerprint density at radius 1 is 1.26 bits per heavy atom. The second-order valence-corrected chi connectivity index (χ2v) is 5.69. The summed E-state index contributed by atoms with van der Waals surface area (Å²) in [5.74, 6) is -0.206. The summed E-state index contributed by atoms with van der Waals surface area (Å²) in [7, 11) is 0. The van der Waals surface area contributed by atoms with E-state index in [1.165, 1.54) is 12.7 Å². The maximum Gasteiger partial charge on any atom is 0.226 e. The summed E-state index contributed by atoms with van der Waals surface area (Å²) in [4.78, 5) is 19.6. The summed E-state index contributed by atoms with van der Waals surface area (Å²) < 4.78 is 0. The largest absolute Gasteiger partial charge is 0.325 e. The predicted octanol–water partition coefficient (Wildman–Crippen LogP) is 2.77. The number of anilines is 1. The number of hydrogen-bond donors (Lipinski definition) is 2. The van der Waals surface area contributed by atoms with Crippen molar-refractivity contribution in [2.75, 3.05) is 5.32 Å². The van der Waals surface area contributed by atoms with Gasteiger partial charge in [-0.2, -0.15) is 0 Å². The van der Waals surface area contributed by atoms with E-state index in [1.807, 2.05) is 0 Å². The summed E-state index contributed by atoms with van der Waals surface area (Å²) in [6.07, 6.45) is 6.56. The quantitative estimate of drug-likeness (QED) is 0.841. The molecule has 1 aliphatic carbocycles. The van der Waals surface area contributed by atoms with Crippen LogP contribution in [0.25, 0.3) is 0 Å². The van der Waals surface area contributed by atoms with Crippen LogP contribution in [0, 0.1) is 0 Å². The van der Waals surface area contributed by atoms with Gasteiger partial charge in [-0.25, -0.2) is 9.97 Å². The summed E-state index contributed by atoms with van der Waals surface area (Å²) in [5.41, 5.74) is 6.06. The number of nitrogens with one attached hydrogen (secondary N) is 1. The van der Waals surface area contributed by atoms with Crippen molar-refractivity contribution < 1.29 is 4.79 Å². The van der Waals surface area contributed by atoms with E-state index >= 15 is 0 Å². The third-order valence-corrected chi connectivity index (χ3v) is 3.95. The van der Waals surface area contributed by atoms with Crippen molar-refractivity contribution in [3.8, 4) is 0 Å². The molecular weight excluding hydrogens is 287 g/mol. The van der Waals surface area contributed by atoms with Gasteiger partial charge in [-0.05, 0) is 12.8 Å². The highest BCUT2D eigenvalue weighted by Crippen LogP contribution is 2.30. The first kappa shape index (κ1) is 14.5. The van der Waals surface area contributed by atoms with Gasteiger partial charge in [-0.3, -0.25) is 4.79 Å². The minimum atomic E-state index is -0.420. The molecule has 1 aromatic heterocycles. The monoisotopic (exact) mass is 302 g/mol. The lowest BCUT2D eigenvalue weighted by molar-refractivity contribution is -0.117. The molecule has 1 aliphatic rings. The van der Waals surface area contributed by atoms with Gasteiger partial charge in [0.05, 0.1) is 0 Å². The summed E-state index contributed by atoms with van der Waals surface area (Å²) in [6.45, 7) is 0. The molecule has 0 radical (unpaired) electrons.